The van der Waals surface area contributed by atoms with Crippen molar-refractivity contribution in [3.8, 4) is 0 Å². The van der Waals surface area contributed by atoms with Crippen LogP contribution in [0.3, 0.4) is 0 Å². The molecule has 0 radical (unpaired) electrons. The molecule has 0 aromatic heterocycles. The Morgan fingerprint density at radius 2 is 2.15 bits per heavy atom. The van der Waals surface area contributed by atoms with E-state index in [0.29, 0.717) is 24.5 Å². The summed E-state index contributed by atoms with van der Waals surface area (Å²) in [5.74, 6) is -0.0370. The van der Waals surface area contributed by atoms with Gasteiger partial charge in [-0.3, -0.25) is 4.79 Å². The van der Waals surface area contributed by atoms with Crippen LogP contribution < -0.4 is 4.72 Å². The second kappa shape index (κ2) is 5.71. The summed E-state index contributed by atoms with van der Waals surface area (Å²) >= 11 is 5.96. The van der Waals surface area contributed by atoms with Crippen molar-refractivity contribution in [1.82, 2.24) is 9.62 Å². The second-order valence-corrected chi connectivity index (χ2v) is 7.10. The number of hydrogen-bond donors (Lipinski definition) is 1. The van der Waals surface area contributed by atoms with Crippen LogP contribution in [0, 0.1) is 6.92 Å². The molecule has 0 bridgehead atoms. The number of benzene rings is 1. The Morgan fingerprint density at radius 1 is 1.45 bits per heavy atom. The van der Waals surface area contributed by atoms with Gasteiger partial charge >= 0.3 is 0 Å². The van der Waals surface area contributed by atoms with Gasteiger partial charge in [-0.05, 0) is 31.0 Å². The largest absolute Gasteiger partial charge is 0.341 e. The van der Waals surface area contributed by atoms with Crippen LogP contribution in [0.1, 0.15) is 18.9 Å². The minimum Gasteiger partial charge on any atom is -0.341 e. The van der Waals surface area contributed by atoms with Crippen molar-refractivity contribution in [2.45, 2.75) is 31.2 Å². The molecule has 1 aliphatic rings. The first-order valence-electron chi connectivity index (χ1n) is 6.33. The van der Waals surface area contributed by atoms with Crippen molar-refractivity contribution in [2.24, 2.45) is 0 Å². The number of hydrogen-bond acceptors (Lipinski definition) is 3. The van der Waals surface area contributed by atoms with E-state index >= 15 is 0 Å². The molecule has 0 aliphatic carbocycles. The molecule has 110 valence electrons. The Morgan fingerprint density at radius 3 is 2.70 bits per heavy atom. The third-order valence-electron chi connectivity index (χ3n) is 3.41. The van der Waals surface area contributed by atoms with E-state index in [0.717, 1.165) is 5.56 Å². The summed E-state index contributed by atoms with van der Waals surface area (Å²) in [6, 6.07) is 4.40. The van der Waals surface area contributed by atoms with Gasteiger partial charge in [-0.2, -0.15) is 0 Å². The molecule has 1 atom stereocenters. The predicted octanol–water partition coefficient (Wildman–Crippen LogP) is 1.55. The fourth-order valence-electron chi connectivity index (χ4n) is 2.17. The van der Waals surface area contributed by atoms with Crippen LogP contribution in [0.5, 0.6) is 0 Å². The number of carbonyl (C=O) groups is 1. The monoisotopic (exact) mass is 316 g/mol. The molecule has 1 saturated heterocycles. The Labute approximate surface area is 124 Å². The lowest BCUT2D eigenvalue weighted by Crippen LogP contribution is -2.37. The van der Waals surface area contributed by atoms with Gasteiger partial charge in [0, 0.05) is 31.1 Å². The van der Waals surface area contributed by atoms with Crippen molar-refractivity contribution in [1.29, 1.82) is 0 Å². The average molecular weight is 317 g/mol. The van der Waals surface area contributed by atoms with Crippen molar-refractivity contribution < 1.29 is 13.2 Å². The first-order chi connectivity index (χ1) is 9.29. The number of carbonyl (C=O) groups excluding carboxylic acids is 1. The van der Waals surface area contributed by atoms with E-state index in [1.165, 1.54) is 19.1 Å². The van der Waals surface area contributed by atoms with Crippen LogP contribution in [-0.4, -0.2) is 38.4 Å². The normalized spacial score (nSPS) is 19.4. The van der Waals surface area contributed by atoms with Gasteiger partial charge in [0.15, 0.2) is 0 Å². The van der Waals surface area contributed by atoms with Gasteiger partial charge in [0.2, 0.25) is 15.9 Å². The molecule has 1 aromatic rings. The first-order valence-corrected chi connectivity index (χ1v) is 8.20. The van der Waals surface area contributed by atoms with Crippen molar-refractivity contribution in [3.63, 3.8) is 0 Å². The molecule has 0 saturated carbocycles. The zero-order valence-corrected chi connectivity index (χ0v) is 13.0. The highest BCUT2D eigenvalue weighted by Gasteiger charge is 2.28. The Bertz CT molecular complexity index is 631. The van der Waals surface area contributed by atoms with Crippen molar-refractivity contribution in [3.05, 3.63) is 28.8 Å². The summed E-state index contributed by atoms with van der Waals surface area (Å²) in [4.78, 5) is 13.0. The van der Waals surface area contributed by atoms with Crippen LogP contribution in [0.15, 0.2) is 23.1 Å². The van der Waals surface area contributed by atoms with Gasteiger partial charge in [0.25, 0.3) is 0 Å². The SMILES string of the molecule is CC(=O)N1CCC(NS(=O)(=O)c2ccc(C)c(Cl)c2)C1. The predicted molar refractivity (Wildman–Crippen MR) is 77.2 cm³/mol. The first kappa shape index (κ1) is 15.3. The number of nitrogens with one attached hydrogen (secondary N) is 1. The standard InChI is InChI=1S/C13H17ClN2O3S/c1-9-3-4-12(7-13(9)14)20(18,19)15-11-5-6-16(8-11)10(2)17/h3-4,7,11,15H,5-6,8H2,1-2H3. The molecule has 0 spiro atoms. The lowest BCUT2D eigenvalue weighted by molar-refractivity contribution is -0.127. The topological polar surface area (TPSA) is 66.5 Å². The third-order valence-corrected chi connectivity index (χ3v) is 5.33. The van der Waals surface area contributed by atoms with Gasteiger partial charge in [-0.25, -0.2) is 13.1 Å². The zero-order valence-electron chi connectivity index (χ0n) is 11.4. The second-order valence-electron chi connectivity index (χ2n) is 4.98. The molecule has 1 aliphatic heterocycles. The van der Waals surface area contributed by atoms with E-state index in [4.69, 9.17) is 11.6 Å². The Balaban J connectivity index is 2.12. The quantitative estimate of drug-likeness (QED) is 0.920. The minimum atomic E-state index is -3.60. The lowest BCUT2D eigenvalue weighted by atomic mass is 10.2. The van der Waals surface area contributed by atoms with E-state index in [-0.39, 0.29) is 16.8 Å². The molecular weight excluding hydrogens is 300 g/mol. The van der Waals surface area contributed by atoms with E-state index in [1.54, 1.807) is 11.0 Å². The lowest BCUT2D eigenvalue weighted by Gasteiger charge is -2.15. The van der Waals surface area contributed by atoms with Crippen LogP contribution in [0.4, 0.5) is 0 Å². The summed E-state index contributed by atoms with van der Waals surface area (Å²) in [6.07, 6.45) is 0.623. The summed E-state index contributed by atoms with van der Waals surface area (Å²) in [6.45, 7) is 4.29. The summed E-state index contributed by atoms with van der Waals surface area (Å²) in [7, 11) is -3.60. The maximum atomic E-state index is 12.3. The Kier molecular flexibility index (Phi) is 4.36. The van der Waals surface area contributed by atoms with E-state index in [9.17, 15) is 13.2 Å². The smallest absolute Gasteiger partial charge is 0.240 e. The maximum absolute atomic E-state index is 12.3. The molecule has 1 amide bonds. The van der Waals surface area contributed by atoms with Gasteiger partial charge in [0.1, 0.15) is 0 Å². The zero-order chi connectivity index (χ0) is 14.9. The summed E-state index contributed by atoms with van der Waals surface area (Å²) in [5.41, 5.74) is 0.828. The number of rotatable bonds is 3. The molecule has 1 unspecified atom stereocenters. The molecule has 1 aromatic carbocycles. The van der Waals surface area contributed by atoms with Crippen LogP contribution in [0.2, 0.25) is 5.02 Å². The highest BCUT2D eigenvalue weighted by atomic mass is 35.5. The number of halogens is 1. The molecule has 1 heterocycles. The average Bonchev–Trinajstić information content (AvgIpc) is 2.80. The maximum Gasteiger partial charge on any atom is 0.240 e. The van der Waals surface area contributed by atoms with E-state index in [1.807, 2.05) is 6.92 Å². The van der Waals surface area contributed by atoms with Gasteiger partial charge in [-0.1, -0.05) is 17.7 Å². The number of amides is 1. The van der Waals surface area contributed by atoms with Crippen LogP contribution >= 0.6 is 11.6 Å². The molecule has 1 fully saturated rings. The molecule has 2 rings (SSSR count). The fourth-order valence-corrected chi connectivity index (χ4v) is 3.70. The molecule has 7 heteroatoms. The van der Waals surface area contributed by atoms with E-state index < -0.39 is 10.0 Å². The van der Waals surface area contributed by atoms with Crippen LogP contribution in [0.25, 0.3) is 0 Å². The van der Waals surface area contributed by atoms with Crippen LogP contribution in [-0.2, 0) is 14.8 Å². The van der Waals surface area contributed by atoms with E-state index in [2.05, 4.69) is 4.72 Å². The highest BCUT2D eigenvalue weighted by Crippen LogP contribution is 2.21. The molecule has 5 nitrogen and oxygen atoms in total. The molecule has 1 N–H and O–H groups in total. The number of sulfonamides is 1. The van der Waals surface area contributed by atoms with Gasteiger partial charge in [0.05, 0.1) is 4.90 Å². The molecular formula is C13H17ClN2O3S. The summed E-state index contributed by atoms with van der Waals surface area (Å²) in [5, 5.41) is 0.421. The fraction of sp³-hybridized carbons (Fsp3) is 0.462. The summed E-state index contributed by atoms with van der Waals surface area (Å²) < 4.78 is 27.1. The number of likely N-dealkylation sites (tertiary alicyclic amines) is 1. The third kappa shape index (κ3) is 3.31. The Hall–Kier alpha value is -1.11. The molecule has 20 heavy (non-hydrogen) atoms. The van der Waals surface area contributed by atoms with Crippen molar-refractivity contribution >= 4 is 27.5 Å². The minimum absolute atomic E-state index is 0.0370. The van der Waals surface area contributed by atoms with Gasteiger partial charge in [-0.15, -0.1) is 0 Å². The number of nitrogens with zero attached hydrogens (tertiary/aromatic N) is 1. The highest BCUT2D eigenvalue weighted by molar-refractivity contribution is 7.89. The van der Waals surface area contributed by atoms with Crippen molar-refractivity contribution in [2.75, 3.05) is 13.1 Å². The van der Waals surface area contributed by atoms with Gasteiger partial charge < -0.3 is 4.90 Å². The number of aryl methyl sites for hydroxylation is 1.